The van der Waals surface area contributed by atoms with Crippen molar-refractivity contribution in [1.82, 2.24) is 4.90 Å². The summed E-state index contributed by atoms with van der Waals surface area (Å²) < 4.78 is 22.7. The summed E-state index contributed by atoms with van der Waals surface area (Å²) in [4.78, 5) is 14.4. The van der Waals surface area contributed by atoms with E-state index in [9.17, 15) is 9.90 Å². The van der Waals surface area contributed by atoms with Crippen molar-refractivity contribution in [3.05, 3.63) is 24.3 Å². The maximum absolute atomic E-state index is 12.7. The molecule has 1 aromatic rings. The Morgan fingerprint density at radius 3 is 2.31 bits per heavy atom. The predicted molar refractivity (Wildman–Crippen MR) is 108 cm³/mol. The number of aliphatic hydroxyl groups is 1. The number of amides is 1. The van der Waals surface area contributed by atoms with Gasteiger partial charge in [0, 0.05) is 6.42 Å². The fourth-order valence-corrected chi connectivity index (χ4v) is 4.09. The van der Waals surface area contributed by atoms with Crippen molar-refractivity contribution in [2.24, 2.45) is 0 Å². The highest BCUT2D eigenvalue weighted by atomic mass is 16.6. The van der Waals surface area contributed by atoms with Gasteiger partial charge in [0.1, 0.15) is 5.60 Å². The number of carbonyl (C=O) groups excluding carboxylic acids is 1. The molecule has 2 fully saturated rings. The van der Waals surface area contributed by atoms with Crippen LogP contribution in [0.3, 0.4) is 0 Å². The van der Waals surface area contributed by atoms with E-state index in [0.29, 0.717) is 57.2 Å². The fourth-order valence-electron chi connectivity index (χ4n) is 4.09. The third kappa shape index (κ3) is 5.54. The molecule has 1 aromatic carbocycles. The Hall–Kier alpha value is -1.99. The standard InChI is InChI=1S/C22H33NO6/c1-5-27-18-8-6-7-9-19(18)28-11-10-22(25)12-16-14-26-15-17(13-22)23(16)20(24)29-21(2,3)4/h6-9,16-17,25H,5,10-15H2,1-4H3. The number of carbonyl (C=O) groups is 1. The van der Waals surface area contributed by atoms with Crippen LogP contribution in [0.25, 0.3) is 0 Å². The number of hydrogen-bond acceptors (Lipinski definition) is 6. The largest absolute Gasteiger partial charge is 0.490 e. The van der Waals surface area contributed by atoms with Gasteiger partial charge in [0.15, 0.2) is 11.5 Å². The molecule has 0 aromatic heterocycles. The Kier molecular flexibility index (Phi) is 6.58. The summed E-state index contributed by atoms with van der Waals surface area (Å²) in [6.45, 7) is 9.25. The topological polar surface area (TPSA) is 77.5 Å². The Morgan fingerprint density at radius 2 is 1.76 bits per heavy atom. The number of nitrogens with zero attached hydrogens (tertiary/aromatic N) is 1. The molecule has 2 bridgehead atoms. The number of ether oxygens (including phenoxy) is 4. The van der Waals surface area contributed by atoms with Gasteiger partial charge in [-0.1, -0.05) is 12.1 Å². The van der Waals surface area contributed by atoms with Crippen LogP contribution < -0.4 is 9.47 Å². The number of piperidine rings is 1. The minimum Gasteiger partial charge on any atom is -0.490 e. The quantitative estimate of drug-likeness (QED) is 0.779. The molecule has 162 valence electrons. The molecule has 0 aliphatic carbocycles. The van der Waals surface area contributed by atoms with Crippen molar-refractivity contribution in [3.63, 3.8) is 0 Å². The highest BCUT2D eigenvalue weighted by Gasteiger charge is 2.49. The van der Waals surface area contributed by atoms with Crippen LogP contribution in [0.4, 0.5) is 4.79 Å². The second-order valence-electron chi connectivity index (χ2n) is 8.84. The van der Waals surface area contributed by atoms with Crippen LogP contribution in [-0.4, -0.2) is 65.8 Å². The maximum Gasteiger partial charge on any atom is 0.410 e. The Bertz CT molecular complexity index is 687. The van der Waals surface area contributed by atoms with Crippen LogP contribution in [-0.2, 0) is 9.47 Å². The normalized spacial score (nSPS) is 26.7. The first-order chi connectivity index (χ1) is 13.7. The van der Waals surface area contributed by atoms with Gasteiger partial charge >= 0.3 is 6.09 Å². The van der Waals surface area contributed by atoms with Gasteiger partial charge in [0.25, 0.3) is 0 Å². The van der Waals surface area contributed by atoms with E-state index >= 15 is 0 Å². The Morgan fingerprint density at radius 1 is 1.17 bits per heavy atom. The summed E-state index contributed by atoms with van der Waals surface area (Å²) in [6, 6.07) is 7.14. The highest BCUT2D eigenvalue weighted by Crippen LogP contribution is 2.37. The zero-order valence-electron chi connectivity index (χ0n) is 17.8. The maximum atomic E-state index is 12.7. The van der Waals surface area contributed by atoms with Crippen LogP contribution in [0.1, 0.15) is 47.0 Å². The lowest BCUT2D eigenvalue weighted by Crippen LogP contribution is -2.64. The van der Waals surface area contributed by atoms with Crippen molar-refractivity contribution in [2.45, 2.75) is 70.2 Å². The zero-order chi connectivity index (χ0) is 21.1. The summed E-state index contributed by atoms with van der Waals surface area (Å²) in [6.07, 6.45) is 1.03. The average Bonchev–Trinajstić information content (AvgIpc) is 2.61. The molecule has 1 amide bonds. The lowest BCUT2D eigenvalue weighted by molar-refractivity contribution is -0.141. The van der Waals surface area contributed by atoms with Gasteiger partial charge in [-0.25, -0.2) is 4.79 Å². The molecule has 7 heteroatoms. The van der Waals surface area contributed by atoms with Crippen LogP contribution >= 0.6 is 0 Å². The van der Waals surface area contributed by atoms with Gasteiger partial charge in [-0.2, -0.15) is 0 Å². The summed E-state index contributed by atoms with van der Waals surface area (Å²) >= 11 is 0. The van der Waals surface area contributed by atoms with Crippen molar-refractivity contribution in [1.29, 1.82) is 0 Å². The molecule has 7 nitrogen and oxygen atoms in total. The third-order valence-corrected chi connectivity index (χ3v) is 5.22. The summed E-state index contributed by atoms with van der Waals surface area (Å²) in [5.41, 5.74) is -1.46. The molecule has 2 aliphatic heterocycles. The van der Waals surface area contributed by atoms with E-state index in [2.05, 4.69) is 0 Å². The smallest absolute Gasteiger partial charge is 0.410 e. The number of fused-ring (bicyclic) bond motifs is 2. The Labute approximate surface area is 172 Å². The minimum absolute atomic E-state index is 0.196. The minimum atomic E-state index is -0.905. The molecule has 1 N–H and O–H groups in total. The molecule has 2 unspecified atom stereocenters. The van der Waals surface area contributed by atoms with E-state index in [4.69, 9.17) is 18.9 Å². The molecule has 0 radical (unpaired) electrons. The second kappa shape index (κ2) is 8.79. The summed E-state index contributed by atoms with van der Waals surface area (Å²) in [5, 5.41) is 11.2. The first kappa shape index (κ1) is 21.7. The molecular weight excluding hydrogens is 374 g/mol. The molecule has 2 saturated heterocycles. The molecule has 2 atom stereocenters. The third-order valence-electron chi connectivity index (χ3n) is 5.22. The fraction of sp³-hybridized carbons (Fsp3) is 0.682. The van der Waals surface area contributed by atoms with Crippen molar-refractivity contribution in [2.75, 3.05) is 26.4 Å². The van der Waals surface area contributed by atoms with Gasteiger partial charge in [-0.05, 0) is 52.7 Å². The van der Waals surface area contributed by atoms with Crippen molar-refractivity contribution >= 4 is 6.09 Å². The highest BCUT2D eigenvalue weighted by molar-refractivity contribution is 5.69. The van der Waals surface area contributed by atoms with E-state index < -0.39 is 11.2 Å². The molecule has 0 saturated carbocycles. The molecule has 2 aliphatic rings. The van der Waals surface area contributed by atoms with Crippen LogP contribution in [0.2, 0.25) is 0 Å². The van der Waals surface area contributed by atoms with Gasteiger partial charge in [-0.15, -0.1) is 0 Å². The summed E-state index contributed by atoms with van der Waals surface area (Å²) in [7, 11) is 0. The first-order valence-corrected chi connectivity index (χ1v) is 10.4. The van der Waals surface area contributed by atoms with E-state index in [1.807, 2.05) is 52.0 Å². The van der Waals surface area contributed by atoms with Gasteiger partial charge in [-0.3, -0.25) is 4.90 Å². The number of rotatable bonds is 6. The van der Waals surface area contributed by atoms with E-state index in [0.717, 1.165) is 0 Å². The van der Waals surface area contributed by atoms with Gasteiger partial charge in [0.05, 0.1) is 44.1 Å². The SMILES string of the molecule is CCOc1ccccc1OCCC1(O)CC2COCC(C1)N2C(=O)OC(C)(C)C. The van der Waals surface area contributed by atoms with E-state index in [-0.39, 0.29) is 18.2 Å². The van der Waals surface area contributed by atoms with E-state index in [1.54, 1.807) is 4.90 Å². The second-order valence-corrected chi connectivity index (χ2v) is 8.84. The predicted octanol–water partition coefficient (Wildman–Crippen LogP) is 3.38. The Balaban J connectivity index is 1.60. The molecule has 3 rings (SSSR count). The van der Waals surface area contributed by atoms with Crippen LogP contribution in [0.5, 0.6) is 11.5 Å². The average molecular weight is 408 g/mol. The number of benzene rings is 1. The first-order valence-electron chi connectivity index (χ1n) is 10.4. The lowest BCUT2D eigenvalue weighted by atomic mass is 9.79. The lowest BCUT2D eigenvalue weighted by Gasteiger charge is -2.51. The molecule has 29 heavy (non-hydrogen) atoms. The van der Waals surface area contributed by atoms with Crippen molar-refractivity contribution in [3.8, 4) is 11.5 Å². The van der Waals surface area contributed by atoms with E-state index in [1.165, 1.54) is 0 Å². The summed E-state index contributed by atoms with van der Waals surface area (Å²) in [5.74, 6) is 1.37. The monoisotopic (exact) mass is 407 g/mol. The van der Waals surface area contributed by atoms with Crippen molar-refractivity contribution < 1.29 is 28.8 Å². The van der Waals surface area contributed by atoms with Gasteiger partial charge in [0.2, 0.25) is 0 Å². The number of para-hydroxylation sites is 2. The van der Waals surface area contributed by atoms with Crippen LogP contribution in [0, 0.1) is 0 Å². The van der Waals surface area contributed by atoms with Gasteiger partial charge < -0.3 is 24.1 Å². The molecule has 2 heterocycles. The van der Waals surface area contributed by atoms with Crippen LogP contribution in [0.15, 0.2) is 24.3 Å². The molecular formula is C22H33NO6. The number of morpholine rings is 1. The molecule has 0 spiro atoms. The number of hydrogen-bond donors (Lipinski definition) is 1. The zero-order valence-corrected chi connectivity index (χ0v) is 17.8.